The zero-order chi connectivity index (χ0) is 11.5. The van der Waals surface area contributed by atoms with Crippen LogP contribution < -0.4 is 0 Å². The van der Waals surface area contributed by atoms with Gasteiger partial charge in [-0.3, -0.25) is 0 Å². The van der Waals surface area contributed by atoms with Crippen molar-refractivity contribution in [3.8, 4) is 0 Å². The summed E-state index contributed by atoms with van der Waals surface area (Å²) in [4.78, 5) is 0. The Balaban J connectivity index is 3.04. The van der Waals surface area contributed by atoms with E-state index < -0.39 is 0 Å². The molecule has 0 aliphatic heterocycles. The number of allylic oxidation sites excluding steroid dienone is 4. The molecule has 0 amide bonds. The lowest BCUT2D eigenvalue weighted by atomic mass is 9.71. The van der Waals surface area contributed by atoms with Crippen molar-refractivity contribution in [2.24, 2.45) is 11.3 Å². The fourth-order valence-corrected chi connectivity index (χ4v) is 2.95. The molecule has 0 aromatic carbocycles. The molecular formula is C15H26. The Morgan fingerprint density at radius 3 is 2.13 bits per heavy atom. The van der Waals surface area contributed by atoms with Crippen molar-refractivity contribution in [3.63, 3.8) is 0 Å². The quantitative estimate of drug-likeness (QED) is 0.586. The Bertz CT molecular complexity index is 264. The van der Waals surface area contributed by atoms with E-state index in [-0.39, 0.29) is 0 Å². The van der Waals surface area contributed by atoms with Crippen LogP contribution in [0, 0.1) is 11.3 Å². The van der Waals surface area contributed by atoms with E-state index in [0.29, 0.717) is 11.3 Å². The monoisotopic (exact) mass is 206 g/mol. The third kappa shape index (κ3) is 2.19. The van der Waals surface area contributed by atoms with Gasteiger partial charge in [0.15, 0.2) is 0 Å². The van der Waals surface area contributed by atoms with Crippen molar-refractivity contribution < 1.29 is 0 Å². The van der Waals surface area contributed by atoms with Gasteiger partial charge >= 0.3 is 0 Å². The SMILES string of the molecule is CCCC(CC)(CC)C1=C(C)C(C)C=C1. The van der Waals surface area contributed by atoms with Crippen molar-refractivity contribution in [3.05, 3.63) is 23.3 Å². The van der Waals surface area contributed by atoms with Gasteiger partial charge in [-0.05, 0) is 43.1 Å². The second-order valence-electron chi connectivity index (χ2n) is 4.98. The van der Waals surface area contributed by atoms with Gasteiger partial charge in [0, 0.05) is 0 Å². The molecule has 86 valence electrons. The Hall–Kier alpha value is -0.520. The molecule has 1 aliphatic carbocycles. The molecule has 1 aliphatic rings. The molecule has 1 unspecified atom stereocenters. The van der Waals surface area contributed by atoms with Crippen LogP contribution in [0.1, 0.15) is 60.3 Å². The summed E-state index contributed by atoms with van der Waals surface area (Å²) in [6, 6.07) is 0. The van der Waals surface area contributed by atoms with E-state index in [2.05, 4.69) is 46.8 Å². The van der Waals surface area contributed by atoms with Crippen LogP contribution >= 0.6 is 0 Å². The molecule has 0 radical (unpaired) electrons. The van der Waals surface area contributed by atoms with Crippen LogP contribution in [0.2, 0.25) is 0 Å². The molecule has 0 heterocycles. The van der Waals surface area contributed by atoms with E-state index in [9.17, 15) is 0 Å². The minimum atomic E-state index is 0.458. The minimum absolute atomic E-state index is 0.458. The second kappa shape index (κ2) is 5.01. The Morgan fingerprint density at radius 1 is 1.20 bits per heavy atom. The topological polar surface area (TPSA) is 0 Å². The zero-order valence-corrected chi connectivity index (χ0v) is 11.1. The third-order valence-corrected chi connectivity index (χ3v) is 4.31. The smallest absolute Gasteiger partial charge is 0.00452 e. The third-order valence-electron chi connectivity index (χ3n) is 4.31. The maximum absolute atomic E-state index is 2.39. The lowest BCUT2D eigenvalue weighted by Gasteiger charge is -2.34. The van der Waals surface area contributed by atoms with E-state index in [4.69, 9.17) is 0 Å². The highest BCUT2D eigenvalue weighted by Gasteiger charge is 2.32. The van der Waals surface area contributed by atoms with Crippen LogP contribution in [0.5, 0.6) is 0 Å². The maximum atomic E-state index is 2.39. The van der Waals surface area contributed by atoms with Crippen molar-refractivity contribution >= 4 is 0 Å². The van der Waals surface area contributed by atoms with E-state index in [1.165, 1.54) is 25.7 Å². The summed E-state index contributed by atoms with van der Waals surface area (Å²) in [5.41, 5.74) is 3.70. The van der Waals surface area contributed by atoms with E-state index in [1.807, 2.05) is 0 Å². The van der Waals surface area contributed by atoms with E-state index >= 15 is 0 Å². The number of rotatable bonds is 5. The van der Waals surface area contributed by atoms with Crippen molar-refractivity contribution in [2.75, 3.05) is 0 Å². The van der Waals surface area contributed by atoms with Gasteiger partial charge in [0.1, 0.15) is 0 Å². The first-order chi connectivity index (χ1) is 7.11. The average Bonchev–Trinajstić information content (AvgIpc) is 2.58. The van der Waals surface area contributed by atoms with E-state index in [1.54, 1.807) is 11.1 Å². The molecule has 0 aromatic heterocycles. The molecule has 0 saturated carbocycles. The van der Waals surface area contributed by atoms with Gasteiger partial charge in [0.25, 0.3) is 0 Å². The molecule has 15 heavy (non-hydrogen) atoms. The number of hydrogen-bond acceptors (Lipinski definition) is 0. The summed E-state index contributed by atoms with van der Waals surface area (Å²) < 4.78 is 0. The number of hydrogen-bond donors (Lipinski definition) is 0. The Labute approximate surface area is 95.5 Å². The lowest BCUT2D eigenvalue weighted by molar-refractivity contribution is 0.302. The fourth-order valence-electron chi connectivity index (χ4n) is 2.95. The van der Waals surface area contributed by atoms with Gasteiger partial charge in [0.05, 0.1) is 0 Å². The van der Waals surface area contributed by atoms with Gasteiger partial charge in [-0.25, -0.2) is 0 Å². The van der Waals surface area contributed by atoms with Gasteiger partial charge < -0.3 is 0 Å². The highest BCUT2D eigenvalue weighted by molar-refractivity contribution is 5.40. The first-order valence-corrected chi connectivity index (χ1v) is 6.50. The molecule has 0 aromatic rings. The molecular weight excluding hydrogens is 180 g/mol. The molecule has 0 fully saturated rings. The molecule has 1 atom stereocenters. The van der Waals surface area contributed by atoms with E-state index in [0.717, 1.165) is 0 Å². The maximum Gasteiger partial charge on any atom is -0.00452 e. The summed E-state index contributed by atoms with van der Waals surface area (Å²) in [6.45, 7) is 11.6. The predicted octanol–water partition coefficient (Wildman–Crippen LogP) is 5.12. The summed E-state index contributed by atoms with van der Waals surface area (Å²) in [7, 11) is 0. The molecule has 0 spiro atoms. The molecule has 0 heteroatoms. The summed E-state index contributed by atoms with van der Waals surface area (Å²) in [6.07, 6.45) is 9.94. The summed E-state index contributed by atoms with van der Waals surface area (Å²) in [5.74, 6) is 0.661. The van der Waals surface area contributed by atoms with Gasteiger partial charge in [0.2, 0.25) is 0 Å². The first kappa shape index (κ1) is 12.5. The minimum Gasteiger partial charge on any atom is -0.0773 e. The fraction of sp³-hybridized carbons (Fsp3) is 0.733. The largest absolute Gasteiger partial charge is 0.0773 e. The van der Waals surface area contributed by atoms with Crippen LogP contribution in [-0.2, 0) is 0 Å². The van der Waals surface area contributed by atoms with Crippen molar-refractivity contribution in [1.82, 2.24) is 0 Å². The van der Waals surface area contributed by atoms with Crippen molar-refractivity contribution in [1.29, 1.82) is 0 Å². The molecule has 0 N–H and O–H groups in total. The zero-order valence-electron chi connectivity index (χ0n) is 11.1. The standard InChI is InChI=1S/C15H26/c1-6-11-15(7-2,8-3)14-10-9-12(4)13(14)5/h9-10,12H,6-8,11H2,1-5H3. The lowest BCUT2D eigenvalue weighted by Crippen LogP contribution is -2.21. The summed E-state index contributed by atoms with van der Waals surface area (Å²) >= 11 is 0. The predicted molar refractivity (Wildman–Crippen MR) is 68.9 cm³/mol. The normalized spacial score (nSPS) is 21.5. The van der Waals surface area contributed by atoms with Gasteiger partial charge in [-0.2, -0.15) is 0 Å². The first-order valence-electron chi connectivity index (χ1n) is 6.50. The molecule has 1 rings (SSSR count). The van der Waals surface area contributed by atoms with Gasteiger partial charge in [-0.15, -0.1) is 0 Å². The van der Waals surface area contributed by atoms with Crippen LogP contribution in [0.25, 0.3) is 0 Å². The van der Waals surface area contributed by atoms with Crippen LogP contribution in [0.4, 0.5) is 0 Å². The molecule has 0 saturated heterocycles. The van der Waals surface area contributed by atoms with Gasteiger partial charge in [-0.1, -0.05) is 51.8 Å². The molecule has 0 nitrogen and oxygen atoms in total. The Morgan fingerprint density at radius 2 is 1.80 bits per heavy atom. The van der Waals surface area contributed by atoms with Crippen LogP contribution in [0.3, 0.4) is 0 Å². The van der Waals surface area contributed by atoms with Crippen molar-refractivity contribution in [2.45, 2.75) is 60.3 Å². The Kier molecular flexibility index (Phi) is 4.19. The van der Waals surface area contributed by atoms with Crippen LogP contribution in [0.15, 0.2) is 23.3 Å². The highest BCUT2D eigenvalue weighted by Crippen LogP contribution is 2.45. The van der Waals surface area contributed by atoms with Crippen LogP contribution in [-0.4, -0.2) is 0 Å². The summed E-state index contributed by atoms with van der Waals surface area (Å²) in [5, 5.41) is 0. The molecule has 0 bridgehead atoms. The second-order valence-corrected chi connectivity index (χ2v) is 4.98. The average molecular weight is 206 g/mol. The highest BCUT2D eigenvalue weighted by atomic mass is 14.4.